The Kier molecular flexibility index (Phi) is 1.14. The molecule has 0 unspecified atom stereocenters. The minimum Gasteiger partial charge on any atom is -0.481 e. The highest BCUT2D eigenvalue weighted by atomic mass is 16.5. The minimum absolute atomic E-state index is 0.0486. The van der Waals surface area contributed by atoms with Gasteiger partial charge in [0.1, 0.15) is 11.8 Å². The molecular weight excluding hydrogens is 124 g/mol. The maximum absolute atomic E-state index is 10.0. The van der Waals surface area contributed by atoms with Crippen molar-refractivity contribution in [2.24, 2.45) is 0 Å². The lowest BCUT2D eigenvalue weighted by Gasteiger charge is -1.77. The molecule has 0 saturated heterocycles. The zero-order valence-electron chi connectivity index (χ0n) is 4.37. The molecule has 9 heavy (non-hydrogen) atoms. The summed E-state index contributed by atoms with van der Waals surface area (Å²) in [6.45, 7) is 0. The molecule has 1 aromatic rings. The van der Waals surface area contributed by atoms with Crippen LogP contribution in [0.1, 0.15) is 10.4 Å². The molecule has 2 N–H and O–H groups in total. The van der Waals surface area contributed by atoms with E-state index in [1.54, 1.807) is 0 Å². The van der Waals surface area contributed by atoms with Crippen LogP contribution in [0.25, 0.3) is 0 Å². The van der Waals surface area contributed by atoms with Gasteiger partial charge in [-0.3, -0.25) is 0 Å². The quantitative estimate of drug-likeness (QED) is 0.583. The number of aromatic carboxylic acids is 1. The van der Waals surface area contributed by atoms with Crippen molar-refractivity contribution < 1.29 is 19.4 Å². The van der Waals surface area contributed by atoms with E-state index in [0.717, 1.165) is 12.3 Å². The van der Waals surface area contributed by atoms with E-state index in [4.69, 9.17) is 10.2 Å². The maximum Gasteiger partial charge on any atom is 0.339 e. The van der Waals surface area contributed by atoms with Crippen LogP contribution in [0.3, 0.4) is 0 Å². The summed E-state index contributed by atoms with van der Waals surface area (Å²) in [6.07, 6.45) is 0.970. The summed E-state index contributed by atoms with van der Waals surface area (Å²) in [5, 5.41) is 16.7. The van der Waals surface area contributed by atoms with Gasteiger partial charge in [-0.1, -0.05) is 0 Å². The molecule has 0 aliphatic heterocycles. The van der Waals surface area contributed by atoms with Gasteiger partial charge >= 0.3 is 5.97 Å². The molecule has 0 atom stereocenters. The highest BCUT2D eigenvalue weighted by molar-refractivity contribution is 5.87. The molecule has 4 nitrogen and oxygen atoms in total. The summed E-state index contributed by atoms with van der Waals surface area (Å²) in [6, 6.07) is 1.03. The normalized spacial score (nSPS) is 9.33. The lowest BCUT2D eigenvalue weighted by molar-refractivity contribution is 0.0696. The smallest absolute Gasteiger partial charge is 0.339 e. The Bertz CT molecular complexity index is 225. The van der Waals surface area contributed by atoms with E-state index in [9.17, 15) is 4.79 Å². The SMILES string of the molecule is O=C(O)c1coc(O)c1. The largest absolute Gasteiger partial charge is 0.481 e. The second-order valence-electron chi connectivity index (χ2n) is 1.48. The Morgan fingerprint density at radius 2 is 2.33 bits per heavy atom. The number of furan rings is 1. The van der Waals surface area contributed by atoms with Crippen LogP contribution in [-0.4, -0.2) is 16.2 Å². The van der Waals surface area contributed by atoms with E-state index in [1.165, 1.54) is 0 Å². The number of rotatable bonds is 1. The number of carboxylic acid groups (broad SMARTS) is 1. The van der Waals surface area contributed by atoms with Gasteiger partial charge in [0.25, 0.3) is 5.95 Å². The Morgan fingerprint density at radius 3 is 2.56 bits per heavy atom. The molecule has 1 rings (SSSR count). The van der Waals surface area contributed by atoms with Crippen LogP contribution >= 0.6 is 0 Å². The van der Waals surface area contributed by atoms with E-state index >= 15 is 0 Å². The Balaban J connectivity index is 2.98. The molecule has 0 radical (unpaired) electrons. The van der Waals surface area contributed by atoms with Crippen LogP contribution in [0.5, 0.6) is 5.95 Å². The second kappa shape index (κ2) is 1.81. The number of hydrogen-bond acceptors (Lipinski definition) is 3. The van der Waals surface area contributed by atoms with Crippen molar-refractivity contribution in [3.63, 3.8) is 0 Å². The molecule has 4 heteroatoms. The topological polar surface area (TPSA) is 70.7 Å². The van der Waals surface area contributed by atoms with Crippen molar-refractivity contribution in [1.29, 1.82) is 0 Å². The monoisotopic (exact) mass is 128 g/mol. The van der Waals surface area contributed by atoms with Gasteiger partial charge in [-0.05, 0) is 0 Å². The van der Waals surface area contributed by atoms with E-state index in [2.05, 4.69) is 4.42 Å². The standard InChI is InChI=1S/C5H4O4/c6-4-1-3(2-9-4)5(7)8/h1-2,6H,(H,7,8). The van der Waals surface area contributed by atoms with Gasteiger partial charge in [-0.2, -0.15) is 0 Å². The molecule has 0 spiro atoms. The Morgan fingerprint density at radius 1 is 1.67 bits per heavy atom. The third-order valence-corrected chi connectivity index (χ3v) is 0.833. The summed E-state index contributed by atoms with van der Waals surface area (Å²) < 4.78 is 4.30. The maximum atomic E-state index is 10.0. The van der Waals surface area contributed by atoms with E-state index in [-0.39, 0.29) is 11.5 Å². The zero-order valence-corrected chi connectivity index (χ0v) is 4.37. The van der Waals surface area contributed by atoms with Crippen molar-refractivity contribution in [2.45, 2.75) is 0 Å². The molecule has 0 aliphatic carbocycles. The van der Waals surface area contributed by atoms with Crippen LogP contribution in [0.2, 0.25) is 0 Å². The van der Waals surface area contributed by atoms with Gasteiger partial charge in [0.15, 0.2) is 0 Å². The first-order valence-corrected chi connectivity index (χ1v) is 2.21. The lowest BCUT2D eigenvalue weighted by atomic mass is 10.3. The first-order chi connectivity index (χ1) is 4.20. The molecule has 1 aromatic heterocycles. The van der Waals surface area contributed by atoms with Crippen molar-refractivity contribution >= 4 is 5.97 Å². The van der Waals surface area contributed by atoms with E-state index in [1.807, 2.05) is 0 Å². The molecule has 1 heterocycles. The third kappa shape index (κ3) is 1.02. The number of carboxylic acids is 1. The number of hydrogen-bond donors (Lipinski definition) is 2. The van der Waals surface area contributed by atoms with E-state index in [0.29, 0.717) is 0 Å². The average molecular weight is 128 g/mol. The van der Waals surface area contributed by atoms with E-state index < -0.39 is 5.97 Å². The molecular formula is C5H4O4. The van der Waals surface area contributed by atoms with Gasteiger partial charge in [-0.15, -0.1) is 0 Å². The Hall–Kier alpha value is -1.45. The number of carbonyl (C=O) groups is 1. The van der Waals surface area contributed by atoms with Crippen LogP contribution in [0.4, 0.5) is 0 Å². The van der Waals surface area contributed by atoms with Gasteiger partial charge in [0.2, 0.25) is 0 Å². The van der Waals surface area contributed by atoms with Crippen LogP contribution in [-0.2, 0) is 0 Å². The van der Waals surface area contributed by atoms with Crippen molar-refractivity contribution in [2.75, 3.05) is 0 Å². The molecule has 0 bridgehead atoms. The first kappa shape index (κ1) is 5.68. The predicted octanol–water partition coefficient (Wildman–Crippen LogP) is 0.683. The number of aromatic hydroxyl groups is 1. The highest BCUT2D eigenvalue weighted by Crippen LogP contribution is 2.12. The summed E-state index contributed by atoms with van der Waals surface area (Å²) >= 11 is 0. The average Bonchev–Trinajstić information content (AvgIpc) is 2.14. The lowest BCUT2D eigenvalue weighted by Crippen LogP contribution is -1.91. The second-order valence-corrected chi connectivity index (χ2v) is 1.48. The third-order valence-electron chi connectivity index (χ3n) is 0.833. The van der Waals surface area contributed by atoms with Gasteiger partial charge in [0, 0.05) is 6.07 Å². The molecule has 0 amide bonds. The predicted molar refractivity (Wildman–Crippen MR) is 27.3 cm³/mol. The summed E-state index contributed by atoms with van der Waals surface area (Å²) in [7, 11) is 0. The molecule has 0 saturated carbocycles. The summed E-state index contributed by atoms with van der Waals surface area (Å²) in [5.41, 5.74) is -0.0486. The van der Waals surface area contributed by atoms with Crippen LogP contribution in [0, 0.1) is 0 Å². The molecule has 0 aliphatic rings. The molecule has 48 valence electrons. The Labute approximate surface area is 50.3 Å². The molecule has 0 fully saturated rings. The summed E-state index contributed by atoms with van der Waals surface area (Å²) in [4.78, 5) is 10.0. The zero-order chi connectivity index (χ0) is 6.85. The summed E-state index contributed by atoms with van der Waals surface area (Å²) in [5.74, 6) is -1.49. The van der Waals surface area contributed by atoms with Crippen molar-refractivity contribution in [3.05, 3.63) is 17.9 Å². The van der Waals surface area contributed by atoms with Crippen LogP contribution < -0.4 is 0 Å². The molecule has 0 aromatic carbocycles. The first-order valence-electron chi connectivity index (χ1n) is 2.21. The van der Waals surface area contributed by atoms with Gasteiger partial charge in [-0.25, -0.2) is 4.79 Å². The fourth-order valence-electron chi connectivity index (χ4n) is 0.437. The van der Waals surface area contributed by atoms with Gasteiger partial charge < -0.3 is 14.6 Å². The van der Waals surface area contributed by atoms with Crippen LogP contribution in [0.15, 0.2) is 16.7 Å². The van der Waals surface area contributed by atoms with Gasteiger partial charge in [0.05, 0.1) is 0 Å². The highest BCUT2D eigenvalue weighted by Gasteiger charge is 2.05. The fourth-order valence-corrected chi connectivity index (χ4v) is 0.437. The van der Waals surface area contributed by atoms with Crippen molar-refractivity contribution in [3.8, 4) is 5.95 Å². The fraction of sp³-hybridized carbons (Fsp3) is 0. The minimum atomic E-state index is -1.11. The van der Waals surface area contributed by atoms with Crippen molar-refractivity contribution in [1.82, 2.24) is 0 Å².